The first-order valence-electron chi connectivity index (χ1n) is 8.54. The van der Waals surface area contributed by atoms with Crippen LogP contribution in [-0.4, -0.2) is 4.57 Å². The first-order chi connectivity index (χ1) is 11.2. The van der Waals surface area contributed by atoms with Gasteiger partial charge in [-0.3, -0.25) is 0 Å². The van der Waals surface area contributed by atoms with E-state index < -0.39 is 0 Å². The van der Waals surface area contributed by atoms with E-state index in [4.69, 9.17) is 0 Å². The zero-order chi connectivity index (χ0) is 16.4. The largest absolute Gasteiger partial charge is 0.337 e. The molecule has 0 aliphatic heterocycles. The third kappa shape index (κ3) is 3.36. The molecular weight excluding hydrogens is 414 g/mol. The molecule has 2 aromatic carbocycles. The van der Waals surface area contributed by atoms with Crippen LogP contribution in [0.15, 0.2) is 45.3 Å². The highest BCUT2D eigenvalue weighted by Gasteiger charge is 2.17. The summed E-state index contributed by atoms with van der Waals surface area (Å²) in [6, 6.07) is 13.9. The van der Waals surface area contributed by atoms with E-state index in [1.165, 1.54) is 53.9 Å². The third-order valence-electron chi connectivity index (χ3n) is 4.71. The van der Waals surface area contributed by atoms with Crippen LogP contribution in [0.3, 0.4) is 0 Å². The van der Waals surface area contributed by atoms with Crippen LogP contribution in [0.1, 0.15) is 52.0 Å². The second-order valence-corrected chi connectivity index (χ2v) is 8.08. The van der Waals surface area contributed by atoms with Crippen LogP contribution < -0.4 is 0 Å². The second kappa shape index (κ2) is 7.40. The smallest absolute Gasteiger partial charge is 0.0505 e. The van der Waals surface area contributed by atoms with E-state index in [1.807, 2.05) is 0 Å². The number of fused-ring (bicyclic) bond motifs is 3. The Morgan fingerprint density at radius 3 is 1.91 bits per heavy atom. The number of hydrogen-bond acceptors (Lipinski definition) is 0. The highest BCUT2D eigenvalue weighted by atomic mass is 79.9. The molecule has 3 aromatic rings. The monoisotopic (exact) mass is 435 g/mol. The highest BCUT2D eigenvalue weighted by molar-refractivity contribution is 9.10. The van der Waals surface area contributed by atoms with Gasteiger partial charge in [0.05, 0.1) is 11.0 Å². The molecule has 0 spiro atoms. The molecule has 1 unspecified atom stereocenters. The maximum absolute atomic E-state index is 3.65. The molecule has 0 bridgehead atoms. The summed E-state index contributed by atoms with van der Waals surface area (Å²) in [4.78, 5) is 0. The average Bonchev–Trinajstić information content (AvgIpc) is 2.84. The minimum absolute atomic E-state index is 0.560. The summed E-state index contributed by atoms with van der Waals surface area (Å²) < 4.78 is 4.86. The summed E-state index contributed by atoms with van der Waals surface area (Å²) in [5, 5.41) is 2.70. The molecule has 23 heavy (non-hydrogen) atoms. The summed E-state index contributed by atoms with van der Waals surface area (Å²) in [5.41, 5.74) is 2.69. The van der Waals surface area contributed by atoms with Crippen molar-refractivity contribution in [2.45, 2.75) is 52.0 Å². The van der Waals surface area contributed by atoms with Crippen LogP contribution in [0.5, 0.6) is 0 Å². The zero-order valence-corrected chi connectivity index (χ0v) is 17.0. The molecule has 0 aliphatic rings. The van der Waals surface area contributed by atoms with Crippen LogP contribution in [0.2, 0.25) is 0 Å². The average molecular weight is 437 g/mol. The molecule has 1 heterocycles. The molecule has 122 valence electrons. The summed E-state index contributed by atoms with van der Waals surface area (Å²) in [5.74, 6) is 0. The van der Waals surface area contributed by atoms with Crippen LogP contribution in [-0.2, 0) is 0 Å². The molecule has 3 rings (SSSR count). The predicted molar refractivity (Wildman–Crippen MR) is 108 cm³/mol. The number of hydrogen-bond donors (Lipinski definition) is 0. The lowest BCUT2D eigenvalue weighted by Crippen LogP contribution is -2.08. The summed E-state index contributed by atoms with van der Waals surface area (Å²) in [6.45, 7) is 4.58. The minimum atomic E-state index is 0.560. The van der Waals surface area contributed by atoms with Gasteiger partial charge in [0.1, 0.15) is 0 Å². The topological polar surface area (TPSA) is 4.93 Å². The Morgan fingerprint density at radius 2 is 1.43 bits per heavy atom. The van der Waals surface area contributed by atoms with Crippen LogP contribution >= 0.6 is 31.9 Å². The Balaban J connectivity index is 2.21. The molecule has 3 heteroatoms. The van der Waals surface area contributed by atoms with Gasteiger partial charge >= 0.3 is 0 Å². The van der Waals surface area contributed by atoms with Crippen molar-refractivity contribution in [3.63, 3.8) is 0 Å². The van der Waals surface area contributed by atoms with Crippen molar-refractivity contribution in [2.75, 3.05) is 0 Å². The van der Waals surface area contributed by atoms with E-state index in [9.17, 15) is 0 Å². The van der Waals surface area contributed by atoms with Gasteiger partial charge in [-0.15, -0.1) is 0 Å². The third-order valence-corrected chi connectivity index (χ3v) is 5.69. The highest BCUT2D eigenvalue weighted by Crippen LogP contribution is 2.37. The van der Waals surface area contributed by atoms with Crippen molar-refractivity contribution in [3.05, 3.63) is 45.3 Å². The lowest BCUT2D eigenvalue weighted by molar-refractivity contribution is 0.451. The first-order valence-corrected chi connectivity index (χ1v) is 10.1. The van der Waals surface area contributed by atoms with E-state index >= 15 is 0 Å². The van der Waals surface area contributed by atoms with Gasteiger partial charge in [0, 0.05) is 25.8 Å². The molecule has 1 atom stereocenters. The maximum atomic E-state index is 3.65. The number of nitrogens with zero attached hydrogens (tertiary/aromatic N) is 1. The fraction of sp³-hybridized carbons (Fsp3) is 0.400. The zero-order valence-electron chi connectivity index (χ0n) is 13.8. The van der Waals surface area contributed by atoms with Gasteiger partial charge in [0.15, 0.2) is 0 Å². The van der Waals surface area contributed by atoms with E-state index in [0.717, 1.165) is 8.95 Å². The molecule has 0 fully saturated rings. The Kier molecular flexibility index (Phi) is 5.48. The summed E-state index contributed by atoms with van der Waals surface area (Å²) in [7, 11) is 0. The van der Waals surface area contributed by atoms with Crippen LogP contribution in [0.4, 0.5) is 0 Å². The maximum Gasteiger partial charge on any atom is 0.0505 e. The van der Waals surface area contributed by atoms with Gasteiger partial charge in [-0.05, 0) is 37.1 Å². The van der Waals surface area contributed by atoms with Crippen molar-refractivity contribution < 1.29 is 0 Å². The van der Waals surface area contributed by atoms with Crippen molar-refractivity contribution in [1.82, 2.24) is 4.57 Å². The van der Waals surface area contributed by atoms with Crippen LogP contribution in [0, 0.1) is 0 Å². The van der Waals surface area contributed by atoms with Crippen LogP contribution in [0.25, 0.3) is 21.8 Å². The molecule has 0 N–H and O–H groups in total. The standard InChI is InChI=1S/C20H23Br2N/c1-3-5-6-7-16(4-2)23-19-12-14(21)8-10-17(19)18-11-9-15(22)13-20(18)23/h8-13,16H,3-7H2,1-2H3. The molecule has 0 aliphatic carbocycles. The predicted octanol–water partition coefficient (Wildman–Crippen LogP) is 7.85. The van der Waals surface area contributed by atoms with Crippen molar-refractivity contribution in [3.8, 4) is 0 Å². The summed E-state index contributed by atoms with van der Waals surface area (Å²) >= 11 is 7.30. The van der Waals surface area contributed by atoms with Gasteiger partial charge in [-0.25, -0.2) is 0 Å². The van der Waals surface area contributed by atoms with E-state index in [0.29, 0.717) is 6.04 Å². The lowest BCUT2D eigenvalue weighted by Gasteiger charge is -2.20. The molecule has 0 saturated heterocycles. The van der Waals surface area contributed by atoms with E-state index in [2.05, 4.69) is 86.7 Å². The Labute approximate surface area is 155 Å². The Bertz CT molecular complexity index is 760. The van der Waals surface area contributed by atoms with Crippen molar-refractivity contribution in [2.24, 2.45) is 0 Å². The number of rotatable bonds is 6. The first kappa shape index (κ1) is 17.0. The molecular formula is C20H23Br2N. The molecule has 0 radical (unpaired) electrons. The number of halogens is 2. The van der Waals surface area contributed by atoms with Gasteiger partial charge in [0.2, 0.25) is 0 Å². The van der Waals surface area contributed by atoms with Gasteiger partial charge in [-0.1, -0.05) is 77.1 Å². The van der Waals surface area contributed by atoms with Gasteiger partial charge in [-0.2, -0.15) is 0 Å². The van der Waals surface area contributed by atoms with Gasteiger partial charge < -0.3 is 4.57 Å². The van der Waals surface area contributed by atoms with E-state index in [-0.39, 0.29) is 0 Å². The normalized spacial score (nSPS) is 13.0. The number of benzene rings is 2. The SMILES string of the molecule is CCCCCC(CC)n1c2cc(Br)ccc2c2ccc(Br)cc21. The molecule has 1 aromatic heterocycles. The minimum Gasteiger partial charge on any atom is -0.337 e. The fourth-order valence-electron chi connectivity index (χ4n) is 3.53. The van der Waals surface area contributed by atoms with Crippen molar-refractivity contribution in [1.29, 1.82) is 0 Å². The number of unbranched alkanes of at least 4 members (excludes halogenated alkanes) is 2. The lowest BCUT2D eigenvalue weighted by atomic mass is 10.1. The number of aromatic nitrogens is 1. The molecule has 1 nitrogen and oxygen atoms in total. The fourth-order valence-corrected chi connectivity index (χ4v) is 4.23. The molecule has 0 saturated carbocycles. The summed E-state index contributed by atoms with van der Waals surface area (Å²) in [6.07, 6.45) is 6.32. The quantitative estimate of drug-likeness (QED) is 0.346. The molecule has 0 amide bonds. The van der Waals surface area contributed by atoms with E-state index in [1.54, 1.807) is 0 Å². The van der Waals surface area contributed by atoms with Crippen molar-refractivity contribution >= 4 is 53.7 Å². The second-order valence-electron chi connectivity index (χ2n) is 6.25. The Hall–Kier alpha value is -0.800. The Morgan fingerprint density at radius 1 is 0.870 bits per heavy atom. The van der Waals surface area contributed by atoms with Gasteiger partial charge in [0.25, 0.3) is 0 Å².